The van der Waals surface area contributed by atoms with Gasteiger partial charge in [0, 0.05) is 18.0 Å². The van der Waals surface area contributed by atoms with Crippen LogP contribution in [0, 0.1) is 0 Å². The average molecular weight is 257 g/mol. The second-order valence-corrected chi connectivity index (χ2v) is 4.11. The predicted molar refractivity (Wildman–Crippen MR) is 72.9 cm³/mol. The van der Waals surface area contributed by atoms with E-state index in [-0.39, 0.29) is 18.0 Å². The molecule has 1 amide bonds. The summed E-state index contributed by atoms with van der Waals surface area (Å²) in [7, 11) is 0. The molecule has 0 aliphatic heterocycles. The topological polar surface area (TPSA) is 64.0 Å². The Morgan fingerprint density at radius 1 is 1.32 bits per heavy atom. The van der Waals surface area contributed by atoms with E-state index in [9.17, 15) is 9.59 Å². The number of carbonyl (C=O) groups excluding carboxylic acids is 1. The standard InChI is InChI=1S/C14H15N3O2/c1-2-11-5-3-4-6-12(11)16-13(18)9-17-10-15-8-7-14(17)19/h3-8,10H,2,9H2,1H3,(H,16,18). The molecule has 1 aromatic carbocycles. The van der Waals surface area contributed by atoms with Crippen LogP contribution in [0.2, 0.25) is 0 Å². The first kappa shape index (κ1) is 13.0. The van der Waals surface area contributed by atoms with Crippen molar-refractivity contribution in [3.05, 3.63) is 58.8 Å². The molecule has 2 aromatic rings. The van der Waals surface area contributed by atoms with Crippen LogP contribution in [0.4, 0.5) is 5.69 Å². The van der Waals surface area contributed by atoms with E-state index in [0.717, 1.165) is 17.7 Å². The number of hydrogen-bond donors (Lipinski definition) is 1. The van der Waals surface area contributed by atoms with Gasteiger partial charge in [0.05, 0.1) is 6.33 Å². The van der Waals surface area contributed by atoms with Gasteiger partial charge in [0.25, 0.3) is 5.56 Å². The molecule has 0 saturated heterocycles. The molecule has 98 valence electrons. The molecule has 19 heavy (non-hydrogen) atoms. The molecule has 0 spiro atoms. The van der Waals surface area contributed by atoms with Gasteiger partial charge in [-0.1, -0.05) is 25.1 Å². The number of para-hydroxylation sites is 1. The van der Waals surface area contributed by atoms with Gasteiger partial charge in [0.2, 0.25) is 5.91 Å². The summed E-state index contributed by atoms with van der Waals surface area (Å²) >= 11 is 0. The second-order valence-electron chi connectivity index (χ2n) is 4.11. The molecule has 0 aliphatic rings. The van der Waals surface area contributed by atoms with Crippen LogP contribution >= 0.6 is 0 Å². The minimum absolute atomic E-state index is 0.0370. The van der Waals surface area contributed by atoms with Crippen molar-refractivity contribution in [3.63, 3.8) is 0 Å². The summed E-state index contributed by atoms with van der Waals surface area (Å²) in [5.74, 6) is -0.240. The Labute approximate surface area is 110 Å². The molecular formula is C14H15N3O2. The lowest BCUT2D eigenvalue weighted by molar-refractivity contribution is -0.116. The van der Waals surface area contributed by atoms with Crippen LogP contribution in [0.15, 0.2) is 47.7 Å². The molecule has 0 saturated carbocycles. The van der Waals surface area contributed by atoms with Crippen molar-refractivity contribution in [2.75, 3.05) is 5.32 Å². The summed E-state index contributed by atoms with van der Waals surface area (Å²) in [5, 5.41) is 2.81. The molecule has 5 heteroatoms. The van der Waals surface area contributed by atoms with Crippen LogP contribution in [-0.2, 0) is 17.8 Å². The first-order valence-corrected chi connectivity index (χ1v) is 6.09. The Bertz CT molecular complexity index is 634. The van der Waals surface area contributed by atoms with Crippen molar-refractivity contribution in [1.29, 1.82) is 0 Å². The number of rotatable bonds is 4. The number of hydrogen-bond acceptors (Lipinski definition) is 3. The van der Waals surface area contributed by atoms with Crippen molar-refractivity contribution in [2.45, 2.75) is 19.9 Å². The highest BCUT2D eigenvalue weighted by Crippen LogP contribution is 2.15. The van der Waals surface area contributed by atoms with E-state index in [0.29, 0.717) is 0 Å². The zero-order valence-electron chi connectivity index (χ0n) is 10.7. The van der Waals surface area contributed by atoms with E-state index >= 15 is 0 Å². The van der Waals surface area contributed by atoms with Crippen molar-refractivity contribution in [2.24, 2.45) is 0 Å². The molecule has 1 N–H and O–H groups in total. The van der Waals surface area contributed by atoms with Crippen molar-refractivity contribution >= 4 is 11.6 Å². The van der Waals surface area contributed by atoms with E-state index in [1.807, 2.05) is 31.2 Å². The number of carbonyl (C=O) groups is 1. The molecule has 0 bridgehead atoms. The summed E-state index contributed by atoms with van der Waals surface area (Å²) in [6.07, 6.45) is 3.60. The van der Waals surface area contributed by atoms with Crippen LogP contribution in [-0.4, -0.2) is 15.5 Å². The molecule has 0 atom stereocenters. The third-order valence-corrected chi connectivity index (χ3v) is 2.78. The molecule has 1 aromatic heterocycles. The first-order valence-electron chi connectivity index (χ1n) is 6.09. The smallest absolute Gasteiger partial charge is 0.253 e. The quantitative estimate of drug-likeness (QED) is 0.901. The maximum atomic E-state index is 11.9. The molecule has 0 fully saturated rings. The van der Waals surface area contributed by atoms with Crippen LogP contribution in [0.25, 0.3) is 0 Å². The van der Waals surface area contributed by atoms with Crippen LogP contribution in [0.3, 0.4) is 0 Å². The lowest BCUT2D eigenvalue weighted by Crippen LogP contribution is -2.27. The van der Waals surface area contributed by atoms with Gasteiger partial charge in [0.15, 0.2) is 0 Å². The predicted octanol–water partition coefficient (Wildman–Crippen LogP) is 1.44. The summed E-state index contributed by atoms with van der Waals surface area (Å²) in [6.45, 7) is 1.99. The molecule has 2 rings (SSSR count). The number of aryl methyl sites for hydroxylation is 1. The van der Waals surface area contributed by atoms with E-state index in [4.69, 9.17) is 0 Å². The van der Waals surface area contributed by atoms with E-state index in [2.05, 4.69) is 10.3 Å². The Morgan fingerprint density at radius 3 is 2.84 bits per heavy atom. The molecule has 1 heterocycles. The fraction of sp³-hybridized carbons (Fsp3) is 0.214. The number of nitrogens with zero attached hydrogens (tertiary/aromatic N) is 2. The van der Waals surface area contributed by atoms with Crippen molar-refractivity contribution in [3.8, 4) is 0 Å². The molecule has 0 unspecified atom stereocenters. The Kier molecular flexibility index (Phi) is 4.07. The highest BCUT2D eigenvalue weighted by Gasteiger charge is 2.07. The minimum Gasteiger partial charge on any atom is -0.324 e. The van der Waals surface area contributed by atoms with Gasteiger partial charge >= 0.3 is 0 Å². The summed E-state index contributed by atoms with van der Waals surface area (Å²) < 4.78 is 1.27. The van der Waals surface area contributed by atoms with E-state index in [1.54, 1.807) is 0 Å². The van der Waals surface area contributed by atoms with Crippen molar-refractivity contribution < 1.29 is 4.79 Å². The summed E-state index contributed by atoms with van der Waals surface area (Å²) in [6, 6.07) is 8.94. The Morgan fingerprint density at radius 2 is 2.11 bits per heavy atom. The van der Waals surface area contributed by atoms with E-state index in [1.165, 1.54) is 23.2 Å². The van der Waals surface area contributed by atoms with Gasteiger partial charge in [-0.3, -0.25) is 14.2 Å². The maximum Gasteiger partial charge on any atom is 0.253 e. The fourth-order valence-electron chi connectivity index (χ4n) is 1.79. The number of nitrogens with one attached hydrogen (secondary N) is 1. The maximum absolute atomic E-state index is 11.9. The lowest BCUT2D eigenvalue weighted by atomic mass is 10.1. The number of aromatic nitrogens is 2. The minimum atomic E-state index is -0.242. The number of anilines is 1. The van der Waals surface area contributed by atoms with Crippen LogP contribution in [0.5, 0.6) is 0 Å². The Hall–Kier alpha value is -2.43. The third kappa shape index (κ3) is 3.28. The fourth-order valence-corrected chi connectivity index (χ4v) is 1.79. The van der Waals surface area contributed by atoms with Gasteiger partial charge in [-0.2, -0.15) is 0 Å². The molecular weight excluding hydrogens is 242 g/mol. The zero-order chi connectivity index (χ0) is 13.7. The number of benzene rings is 1. The highest BCUT2D eigenvalue weighted by molar-refractivity contribution is 5.91. The third-order valence-electron chi connectivity index (χ3n) is 2.78. The van der Waals surface area contributed by atoms with Gasteiger partial charge in [-0.25, -0.2) is 4.98 Å². The zero-order valence-corrected chi connectivity index (χ0v) is 10.7. The monoisotopic (exact) mass is 257 g/mol. The largest absolute Gasteiger partial charge is 0.324 e. The van der Waals surface area contributed by atoms with Gasteiger partial charge in [0.1, 0.15) is 6.54 Å². The second kappa shape index (κ2) is 5.95. The molecule has 5 nitrogen and oxygen atoms in total. The molecule has 0 radical (unpaired) electrons. The van der Waals surface area contributed by atoms with E-state index < -0.39 is 0 Å². The normalized spacial score (nSPS) is 10.2. The summed E-state index contributed by atoms with van der Waals surface area (Å²) in [5.41, 5.74) is 1.61. The molecule has 0 aliphatic carbocycles. The van der Waals surface area contributed by atoms with Gasteiger partial charge in [-0.15, -0.1) is 0 Å². The lowest BCUT2D eigenvalue weighted by Gasteiger charge is -2.10. The Balaban J connectivity index is 2.10. The number of amides is 1. The van der Waals surface area contributed by atoms with Crippen LogP contribution in [0.1, 0.15) is 12.5 Å². The van der Waals surface area contributed by atoms with Gasteiger partial charge < -0.3 is 5.32 Å². The first-order chi connectivity index (χ1) is 9.20. The average Bonchev–Trinajstić information content (AvgIpc) is 2.42. The highest BCUT2D eigenvalue weighted by atomic mass is 16.2. The SMILES string of the molecule is CCc1ccccc1NC(=O)Cn1cnccc1=O. The summed E-state index contributed by atoms with van der Waals surface area (Å²) in [4.78, 5) is 27.2. The van der Waals surface area contributed by atoms with Gasteiger partial charge in [-0.05, 0) is 18.1 Å². The van der Waals surface area contributed by atoms with Crippen molar-refractivity contribution in [1.82, 2.24) is 9.55 Å². The van der Waals surface area contributed by atoms with Crippen LogP contribution < -0.4 is 10.9 Å².